The van der Waals surface area contributed by atoms with E-state index in [0.29, 0.717) is 15.1 Å². The van der Waals surface area contributed by atoms with Gasteiger partial charge in [-0.1, -0.05) is 17.7 Å². The van der Waals surface area contributed by atoms with Crippen LogP contribution in [0.25, 0.3) is 0 Å². The average Bonchev–Trinajstić information content (AvgIpc) is 2.35. The molecule has 1 unspecified atom stereocenters. The highest BCUT2D eigenvalue weighted by atomic mass is 79.9. The molecule has 0 aliphatic carbocycles. The molecule has 0 spiro atoms. The molecule has 0 bridgehead atoms. The molecule has 2 aromatic carbocycles. The van der Waals surface area contributed by atoms with Gasteiger partial charge in [0.25, 0.3) is 0 Å². The van der Waals surface area contributed by atoms with Crippen LogP contribution in [0.4, 0.5) is 8.78 Å². The van der Waals surface area contributed by atoms with Gasteiger partial charge in [0.1, 0.15) is 11.6 Å². The highest BCUT2D eigenvalue weighted by molar-refractivity contribution is 9.10. The zero-order valence-corrected chi connectivity index (χ0v) is 12.0. The molecule has 94 valence electrons. The second-order valence-corrected chi connectivity index (χ2v) is 5.40. The molecular weight excluding hydrogens is 345 g/mol. The van der Waals surface area contributed by atoms with Gasteiger partial charge in [-0.05, 0) is 51.8 Å². The van der Waals surface area contributed by atoms with E-state index in [4.69, 9.17) is 23.2 Å². The summed E-state index contributed by atoms with van der Waals surface area (Å²) in [5.74, 6) is -1.06. The van der Waals surface area contributed by atoms with Crippen LogP contribution in [0.2, 0.25) is 5.02 Å². The van der Waals surface area contributed by atoms with Crippen molar-refractivity contribution in [3.8, 4) is 0 Å². The predicted octanol–water partition coefficient (Wildman–Crippen LogP) is 5.71. The summed E-state index contributed by atoms with van der Waals surface area (Å²) in [4.78, 5) is 0. The summed E-state index contributed by atoms with van der Waals surface area (Å²) in [6.45, 7) is 0. The zero-order chi connectivity index (χ0) is 13.3. The summed E-state index contributed by atoms with van der Waals surface area (Å²) in [6.07, 6.45) is 0. The average molecular weight is 352 g/mol. The van der Waals surface area contributed by atoms with Crippen LogP contribution in [0.5, 0.6) is 0 Å². The Kier molecular flexibility index (Phi) is 4.25. The first kappa shape index (κ1) is 13.8. The lowest BCUT2D eigenvalue weighted by Gasteiger charge is -2.12. The summed E-state index contributed by atoms with van der Waals surface area (Å²) in [6, 6.07) is 8.22. The zero-order valence-electron chi connectivity index (χ0n) is 8.93. The van der Waals surface area contributed by atoms with Crippen molar-refractivity contribution < 1.29 is 8.78 Å². The maximum absolute atomic E-state index is 13.6. The number of hydrogen-bond donors (Lipinski definition) is 0. The molecule has 0 aliphatic rings. The fourth-order valence-electron chi connectivity index (χ4n) is 1.56. The van der Waals surface area contributed by atoms with Gasteiger partial charge in [-0.2, -0.15) is 0 Å². The normalized spacial score (nSPS) is 12.5. The van der Waals surface area contributed by atoms with Gasteiger partial charge in [0.2, 0.25) is 0 Å². The monoisotopic (exact) mass is 350 g/mol. The lowest BCUT2D eigenvalue weighted by atomic mass is 10.0. The molecule has 2 aromatic rings. The lowest BCUT2D eigenvalue weighted by molar-refractivity contribution is 0.587. The van der Waals surface area contributed by atoms with Gasteiger partial charge in [-0.3, -0.25) is 0 Å². The third-order valence-electron chi connectivity index (χ3n) is 2.47. The van der Waals surface area contributed by atoms with E-state index >= 15 is 0 Å². The van der Waals surface area contributed by atoms with Crippen molar-refractivity contribution in [1.82, 2.24) is 0 Å². The molecule has 1 atom stereocenters. The van der Waals surface area contributed by atoms with Crippen LogP contribution >= 0.6 is 39.1 Å². The number of alkyl halides is 1. The first-order chi connectivity index (χ1) is 8.49. The number of benzene rings is 2. The molecule has 2 rings (SSSR count). The van der Waals surface area contributed by atoms with E-state index in [0.717, 1.165) is 18.2 Å². The van der Waals surface area contributed by atoms with Gasteiger partial charge in [-0.25, -0.2) is 8.78 Å². The van der Waals surface area contributed by atoms with E-state index in [9.17, 15) is 8.78 Å². The Labute approximate surface area is 122 Å². The predicted molar refractivity (Wildman–Crippen MR) is 73.2 cm³/mol. The third kappa shape index (κ3) is 2.85. The van der Waals surface area contributed by atoms with E-state index in [1.165, 1.54) is 0 Å². The van der Waals surface area contributed by atoms with Gasteiger partial charge in [-0.15, -0.1) is 11.6 Å². The van der Waals surface area contributed by atoms with Crippen LogP contribution in [0.1, 0.15) is 16.5 Å². The Morgan fingerprint density at radius 1 is 1.06 bits per heavy atom. The highest BCUT2D eigenvalue weighted by Crippen LogP contribution is 2.34. The maximum atomic E-state index is 13.6. The van der Waals surface area contributed by atoms with Crippen molar-refractivity contribution in [3.05, 3.63) is 68.7 Å². The highest BCUT2D eigenvalue weighted by Gasteiger charge is 2.17. The molecule has 0 aromatic heterocycles. The molecule has 0 heterocycles. The van der Waals surface area contributed by atoms with Crippen LogP contribution in [-0.4, -0.2) is 0 Å². The fourth-order valence-corrected chi connectivity index (χ4v) is 2.38. The third-order valence-corrected chi connectivity index (χ3v) is 4.17. The molecule has 0 N–H and O–H groups in total. The molecule has 0 saturated carbocycles. The smallest absolute Gasteiger partial charge is 0.128 e. The molecule has 0 amide bonds. The number of hydrogen-bond acceptors (Lipinski definition) is 0. The van der Waals surface area contributed by atoms with Crippen LogP contribution in [0.3, 0.4) is 0 Å². The Bertz CT molecular complexity index is 587. The van der Waals surface area contributed by atoms with Crippen molar-refractivity contribution in [2.24, 2.45) is 0 Å². The summed E-state index contributed by atoms with van der Waals surface area (Å²) >= 11 is 15.3. The van der Waals surface area contributed by atoms with Crippen molar-refractivity contribution >= 4 is 39.1 Å². The maximum Gasteiger partial charge on any atom is 0.128 e. The number of rotatable bonds is 2. The quantitative estimate of drug-likeness (QED) is 0.608. The fraction of sp³-hybridized carbons (Fsp3) is 0.0769. The van der Waals surface area contributed by atoms with E-state index in [-0.39, 0.29) is 5.56 Å². The van der Waals surface area contributed by atoms with Crippen LogP contribution < -0.4 is 0 Å². The molecular formula is C13H7BrCl2F2. The minimum Gasteiger partial charge on any atom is -0.207 e. The Morgan fingerprint density at radius 3 is 2.44 bits per heavy atom. The minimum atomic E-state index is -0.769. The van der Waals surface area contributed by atoms with E-state index in [2.05, 4.69) is 15.9 Å². The van der Waals surface area contributed by atoms with E-state index in [1.807, 2.05) is 0 Å². The Hall–Kier alpha value is -0.640. The minimum absolute atomic E-state index is 0.103. The van der Waals surface area contributed by atoms with Crippen LogP contribution in [0.15, 0.2) is 40.9 Å². The molecule has 5 heteroatoms. The van der Waals surface area contributed by atoms with Gasteiger partial charge < -0.3 is 0 Å². The molecule has 0 saturated heterocycles. The first-order valence-corrected chi connectivity index (χ1v) is 6.63. The van der Waals surface area contributed by atoms with Crippen molar-refractivity contribution in [1.29, 1.82) is 0 Å². The molecule has 18 heavy (non-hydrogen) atoms. The first-order valence-electron chi connectivity index (χ1n) is 5.03. The largest absolute Gasteiger partial charge is 0.207 e. The summed E-state index contributed by atoms with van der Waals surface area (Å²) < 4.78 is 27.4. The second-order valence-electron chi connectivity index (χ2n) is 3.70. The lowest BCUT2D eigenvalue weighted by Crippen LogP contribution is -1.98. The van der Waals surface area contributed by atoms with Gasteiger partial charge in [0, 0.05) is 10.0 Å². The Balaban J connectivity index is 2.44. The van der Waals surface area contributed by atoms with E-state index < -0.39 is 17.0 Å². The van der Waals surface area contributed by atoms with E-state index in [1.54, 1.807) is 18.2 Å². The van der Waals surface area contributed by atoms with Gasteiger partial charge in [0.05, 0.1) is 10.4 Å². The van der Waals surface area contributed by atoms with Crippen LogP contribution in [-0.2, 0) is 0 Å². The summed E-state index contributed by atoms with van der Waals surface area (Å²) in [5, 5.41) is -0.239. The summed E-state index contributed by atoms with van der Waals surface area (Å²) in [7, 11) is 0. The second kappa shape index (κ2) is 5.55. The SMILES string of the molecule is Fc1ccc(F)c(C(Cl)c2ccc(Cl)c(Br)c2)c1. The van der Waals surface area contributed by atoms with Crippen molar-refractivity contribution in [2.45, 2.75) is 5.38 Å². The molecule has 0 fully saturated rings. The standard InChI is InChI=1S/C13H7BrCl2F2/c14-10-5-7(1-3-11(10)15)13(16)9-6-8(17)2-4-12(9)18/h1-6,13H. The summed E-state index contributed by atoms with van der Waals surface area (Å²) in [5.41, 5.74) is 0.739. The Morgan fingerprint density at radius 2 is 1.78 bits per heavy atom. The molecule has 0 nitrogen and oxygen atoms in total. The van der Waals surface area contributed by atoms with Gasteiger partial charge >= 0.3 is 0 Å². The van der Waals surface area contributed by atoms with Gasteiger partial charge in [0.15, 0.2) is 0 Å². The number of halogens is 5. The van der Waals surface area contributed by atoms with Crippen molar-refractivity contribution in [3.63, 3.8) is 0 Å². The molecule has 0 aliphatic heterocycles. The molecule has 0 radical (unpaired) electrons. The van der Waals surface area contributed by atoms with Crippen molar-refractivity contribution in [2.75, 3.05) is 0 Å². The topological polar surface area (TPSA) is 0 Å². The van der Waals surface area contributed by atoms with Crippen LogP contribution in [0, 0.1) is 11.6 Å².